The van der Waals surface area contributed by atoms with E-state index < -0.39 is 45.1 Å². The molecular weight excluding hydrogens is 247 g/mol. The van der Waals surface area contributed by atoms with Crippen LogP contribution >= 0.6 is 7.82 Å². The molecule has 0 unspecified atom stereocenters. The number of aliphatic hydroxyl groups is 4. The highest BCUT2D eigenvalue weighted by Crippen LogP contribution is 2.35. The molecule has 6 N–H and O–H groups in total. The van der Waals surface area contributed by atoms with Gasteiger partial charge in [-0.3, -0.25) is 9.32 Å². The monoisotopic (exact) mass is 260 g/mol. The highest BCUT2D eigenvalue weighted by Gasteiger charge is 2.31. The van der Waals surface area contributed by atoms with Crippen LogP contribution in [0.3, 0.4) is 0 Å². The highest BCUT2D eigenvalue weighted by molar-refractivity contribution is 7.46. The minimum absolute atomic E-state index is 0.971. The lowest BCUT2D eigenvalue weighted by atomic mass is 10.1. The standard InChI is InChI=1S/C6H13O9P/c7-1-3(8)5(10)6(11)4(9)2-15-16(12,13)14/h4-7,9-11H,1-2H2,(H2,12,13,14)/t4-,5+,6+/m1/s1. The van der Waals surface area contributed by atoms with Gasteiger partial charge in [0.05, 0.1) is 6.61 Å². The van der Waals surface area contributed by atoms with E-state index in [1.165, 1.54) is 0 Å². The molecule has 0 heterocycles. The number of phosphoric ester groups is 1. The summed E-state index contributed by atoms with van der Waals surface area (Å²) in [5.74, 6) is -1.14. The number of phosphoric acid groups is 1. The summed E-state index contributed by atoms with van der Waals surface area (Å²) in [6.07, 6.45) is -5.94. The molecule has 0 radical (unpaired) electrons. The first-order valence-corrected chi connectivity index (χ1v) is 5.60. The van der Waals surface area contributed by atoms with Crippen LogP contribution in [-0.4, -0.2) is 67.5 Å². The molecule has 10 heteroatoms. The van der Waals surface area contributed by atoms with E-state index in [2.05, 4.69) is 4.52 Å². The molecule has 0 aromatic rings. The molecule has 16 heavy (non-hydrogen) atoms. The Morgan fingerprint density at radius 3 is 2.12 bits per heavy atom. The molecule has 0 saturated carbocycles. The topological polar surface area (TPSA) is 165 Å². The van der Waals surface area contributed by atoms with Crippen molar-refractivity contribution in [1.82, 2.24) is 0 Å². The van der Waals surface area contributed by atoms with Gasteiger partial charge >= 0.3 is 7.82 Å². The van der Waals surface area contributed by atoms with Gasteiger partial charge in [0, 0.05) is 0 Å². The predicted molar refractivity (Wildman–Crippen MR) is 48.1 cm³/mol. The van der Waals surface area contributed by atoms with E-state index in [4.69, 9.17) is 30.2 Å². The summed E-state index contributed by atoms with van der Waals surface area (Å²) in [7, 11) is -4.81. The number of rotatable bonds is 7. The quantitative estimate of drug-likeness (QED) is 0.258. The van der Waals surface area contributed by atoms with Crippen molar-refractivity contribution in [2.75, 3.05) is 13.2 Å². The summed E-state index contributed by atoms with van der Waals surface area (Å²) in [5, 5.41) is 35.6. The molecule has 0 rings (SSSR count). The molecule has 3 atom stereocenters. The molecule has 0 bridgehead atoms. The summed E-state index contributed by atoms with van der Waals surface area (Å²) < 4.78 is 14.1. The average molecular weight is 260 g/mol. The second kappa shape index (κ2) is 6.38. The highest BCUT2D eigenvalue weighted by atomic mass is 31.2. The Balaban J connectivity index is 4.23. The van der Waals surface area contributed by atoms with E-state index in [1.54, 1.807) is 0 Å². The van der Waals surface area contributed by atoms with Crippen molar-refractivity contribution in [2.45, 2.75) is 18.3 Å². The van der Waals surface area contributed by atoms with Crippen molar-refractivity contribution < 1.29 is 44.1 Å². The lowest BCUT2D eigenvalue weighted by Crippen LogP contribution is -2.45. The zero-order valence-corrected chi connectivity index (χ0v) is 8.90. The number of ketones is 1. The maximum atomic E-state index is 10.7. The van der Waals surface area contributed by atoms with Crippen molar-refractivity contribution in [2.24, 2.45) is 0 Å². The maximum absolute atomic E-state index is 10.7. The summed E-state index contributed by atoms with van der Waals surface area (Å²) in [6, 6.07) is 0. The van der Waals surface area contributed by atoms with E-state index in [0.29, 0.717) is 0 Å². The zero-order valence-electron chi connectivity index (χ0n) is 8.00. The second-order valence-corrected chi connectivity index (χ2v) is 4.15. The van der Waals surface area contributed by atoms with Crippen LogP contribution in [0.15, 0.2) is 0 Å². The van der Waals surface area contributed by atoms with E-state index in [9.17, 15) is 9.36 Å². The molecule has 0 fully saturated rings. The van der Waals surface area contributed by atoms with Crippen LogP contribution < -0.4 is 0 Å². The van der Waals surface area contributed by atoms with Gasteiger partial charge in [-0.15, -0.1) is 0 Å². The fourth-order valence-electron chi connectivity index (χ4n) is 0.766. The number of hydrogen-bond donors (Lipinski definition) is 6. The molecule has 96 valence electrons. The van der Waals surface area contributed by atoms with Crippen LogP contribution in [0, 0.1) is 0 Å². The molecule has 0 saturated heterocycles. The number of aliphatic hydroxyl groups excluding tert-OH is 4. The van der Waals surface area contributed by atoms with Gasteiger partial charge in [-0.1, -0.05) is 0 Å². The van der Waals surface area contributed by atoms with Gasteiger partial charge in [0.15, 0.2) is 5.78 Å². The fourth-order valence-corrected chi connectivity index (χ4v) is 1.11. The van der Waals surface area contributed by atoms with E-state index >= 15 is 0 Å². The first-order valence-electron chi connectivity index (χ1n) is 4.07. The first kappa shape index (κ1) is 15.6. The van der Waals surface area contributed by atoms with Gasteiger partial charge in [0.2, 0.25) is 0 Å². The van der Waals surface area contributed by atoms with Crippen molar-refractivity contribution in [3.8, 4) is 0 Å². The third-order valence-corrected chi connectivity index (χ3v) is 2.10. The van der Waals surface area contributed by atoms with Crippen LogP contribution in [0.4, 0.5) is 0 Å². The van der Waals surface area contributed by atoms with Crippen LogP contribution in [0.25, 0.3) is 0 Å². The molecule has 0 aliphatic heterocycles. The average Bonchev–Trinajstić information content (AvgIpc) is 2.21. The van der Waals surface area contributed by atoms with Crippen LogP contribution in [0.1, 0.15) is 0 Å². The summed E-state index contributed by atoms with van der Waals surface area (Å²) in [6.45, 7) is -2.01. The lowest BCUT2D eigenvalue weighted by Gasteiger charge is -2.21. The SMILES string of the molecule is O=C(CO)[C@H](O)[C@@H](O)[C@H](O)COP(=O)(O)O. The van der Waals surface area contributed by atoms with Crippen LogP contribution in [0.5, 0.6) is 0 Å². The zero-order chi connectivity index (χ0) is 12.9. The van der Waals surface area contributed by atoms with Gasteiger partial charge in [0.1, 0.15) is 24.9 Å². The second-order valence-electron chi connectivity index (χ2n) is 2.91. The van der Waals surface area contributed by atoms with Gasteiger partial charge in [-0.25, -0.2) is 4.57 Å². The first-order chi connectivity index (χ1) is 7.19. The Labute approximate surface area is 90.2 Å². The molecule has 0 amide bonds. The van der Waals surface area contributed by atoms with E-state index in [0.717, 1.165) is 0 Å². The minimum atomic E-state index is -4.81. The molecular formula is C6H13O9P. The molecule has 0 aliphatic rings. The summed E-state index contributed by atoms with van der Waals surface area (Å²) >= 11 is 0. The summed E-state index contributed by atoms with van der Waals surface area (Å²) in [4.78, 5) is 27.2. The Morgan fingerprint density at radius 2 is 1.75 bits per heavy atom. The van der Waals surface area contributed by atoms with Gasteiger partial charge in [-0.2, -0.15) is 0 Å². The van der Waals surface area contributed by atoms with Crippen molar-refractivity contribution in [3.63, 3.8) is 0 Å². The van der Waals surface area contributed by atoms with E-state index in [1.807, 2.05) is 0 Å². The third kappa shape index (κ3) is 5.64. The Hall–Kier alpha value is -0.380. The minimum Gasteiger partial charge on any atom is -0.388 e. The molecule has 0 spiro atoms. The Kier molecular flexibility index (Phi) is 6.23. The van der Waals surface area contributed by atoms with Crippen molar-refractivity contribution >= 4 is 13.6 Å². The molecule has 0 aromatic heterocycles. The normalized spacial score (nSPS) is 17.9. The summed E-state index contributed by atoms with van der Waals surface area (Å²) in [5.41, 5.74) is 0. The molecule has 0 aromatic carbocycles. The van der Waals surface area contributed by atoms with E-state index in [-0.39, 0.29) is 0 Å². The van der Waals surface area contributed by atoms with Crippen LogP contribution in [0.2, 0.25) is 0 Å². The van der Waals surface area contributed by atoms with Gasteiger partial charge in [0.25, 0.3) is 0 Å². The van der Waals surface area contributed by atoms with Crippen molar-refractivity contribution in [1.29, 1.82) is 0 Å². The molecule has 9 nitrogen and oxygen atoms in total. The largest absolute Gasteiger partial charge is 0.469 e. The third-order valence-electron chi connectivity index (χ3n) is 1.62. The predicted octanol–water partition coefficient (Wildman–Crippen LogP) is -3.26. The number of hydrogen-bond acceptors (Lipinski definition) is 7. The molecule has 0 aliphatic carbocycles. The fraction of sp³-hybridized carbons (Fsp3) is 0.833. The van der Waals surface area contributed by atoms with Crippen molar-refractivity contribution in [3.05, 3.63) is 0 Å². The van der Waals surface area contributed by atoms with Crippen LogP contribution in [-0.2, 0) is 13.9 Å². The Bertz CT molecular complexity index is 273. The van der Waals surface area contributed by atoms with Gasteiger partial charge < -0.3 is 30.2 Å². The number of carbonyl (C=O) groups is 1. The Morgan fingerprint density at radius 1 is 1.25 bits per heavy atom. The number of carbonyl (C=O) groups excluding carboxylic acids is 1. The van der Waals surface area contributed by atoms with Gasteiger partial charge in [-0.05, 0) is 0 Å². The lowest BCUT2D eigenvalue weighted by molar-refractivity contribution is -0.142. The smallest absolute Gasteiger partial charge is 0.388 e. The maximum Gasteiger partial charge on any atom is 0.469 e. The number of Topliss-reactive ketones (excluding diaryl/α,β-unsaturated/α-hetero) is 1.